The first-order chi connectivity index (χ1) is 16.7. The molecule has 0 atom stereocenters. The molecule has 0 aliphatic rings. The molecule has 0 radical (unpaired) electrons. The third-order valence-electron chi connectivity index (χ3n) is 5.29. The van der Waals surface area contributed by atoms with E-state index >= 15 is 0 Å². The van der Waals surface area contributed by atoms with Crippen LogP contribution < -0.4 is 10.1 Å². The highest BCUT2D eigenvalue weighted by Crippen LogP contribution is 2.24. The predicted molar refractivity (Wildman–Crippen MR) is 130 cm³/mol. The minimum atomic E-state index is -0.176. The summed E-state index contributed by atoms with van der Waals surface area (Å²) in [5.41, 5.74) is 3.43. The normalized spacial score (nSPS) is 10.6. The molecule has 0 fully saturated rings. The number of nitrogens with zero attached hydrogens (tertiary/aromatic N) is 4. The van der Waals surface area contributed by atoms with E-state index in [9.17, 15) is 4.79 Å². The Morgan fingerprint density at radius 2 is 1.59 bits per heavy atom. The maximum Gasteiger partial charge on any atom is 0.255 e. The molecule has 0 unspecified atom stereocenters. The van der Waals surface area contributed by atoms with Crippen molar-refractivity contribution in [1.82, 2.24) is 19.5 Å². The molecule has 0 saturated carbocycles. The maximum absolute atomic E-state index is 12.6. The fraction of sp³-hybridized carbons (Fsp3) is 0.0370. The first-order valence-electron chi connectivity index (χ1n) is 10.7. The van der Waals surface area contributed by atoms with Gasteiger partial charge in [0.2, 0.25) is 5.88 Å². The van der Waals surface area contributed by atoms with Gasteiger partial charge in [0.05, 0.1) is 0 Å². The van der Waals surface area contributed by atoms with Gasteiger partial charge in [0.15, 0.2) is 0 Å². The van der Waals surface area contributed by atoms with Gasteiger partial charge >= 0.3 is 0 Å². The van der Waals surface area contributed by atoms with Crippen molar-refractivity contribution in [1.29, 1.82) is 0 Å². The second-order valence-electron chi connectivity index (χ2n) is 7.58. The van der Waals surface area contributed by atoms with E-state index in [1.165, 1.54) is 6.33 Å². The molecule has 7 nitrogen and oxygen atoms in total. The lowest BCUT2D eigenvalue weighted by atomic mass is 10.0. The van der Waals surface area contributed by atoms with E-state index in [0.717, 1.165) is 17.0 Å². The van der Waals surface area contributed by atoms with E-state index in [1.54, 1.807) is 36.5 Å². The van der Waals surface area contributed by atoms with Crippen LogP contribution >= 0.6 is 0 Å². The van der Waals surface area contributed by atoms with Crippen LogP contribution in [0.4, 0.5) is 5.69 Å². The van der Waals surface area contributed by atoms with E-state index in [0.29, 0.717) is 28.7 Å². The summed E-state index contributed by atoms with van der Waals surface area (Å²) < 4.78 is 7.71. The van der Waals surface area contributed by atoms with Crippen LogP contribution in [0.2, 0.25) is 0 Å². The van der Waals surface area contributed by atoms with Crippen molar-refractivity contribution in [2.75, 3.05) is 5.32 Å². The van der Waals surface area contributed by atoms with Crippen molar-refractivity contribution >= 4 is 11.6 Å². The van der Waals surface area contributed by atoms with Crippen molar-refractivity contribution in [2.45, 2.75) is 6.92 Å². The maximum atomic E-state index is 12.6. The Labute approximate surface area is 196 Å². The summed E-state index contributed by atoms with van der Waals surface area (Å²) in [6.45, 7) is 1.90. The monoisotopic (exact) mass is 447 g/mol. The zero-order valence-electron chi connectivity index (χ0n) is 18.4. The fourth-order valence-corrected chi connectivity index (χ4v) is 3.51. The van der Waals surface area contributed by atoms with Crippen molar-refractivity contribution in [3.63, 3.8) is 0 Å². The minimum absolute atomic E-state index is 0.176. The first kappa shape index (κ1) is 21.1. The molecule has 0 aliphatic heterocycles. The number of aryl methyl sites for hydroxylation is 1. The third kappa shape index (κ3) is 4.68. The number of aromatic nitrogens is 4. The number of anilines is 1. The topological polar surface area (TPSA) is 81.9 Å². The molecule has 3 aromatic carbocycles. The smallest absolute Gasteiger partial charge is 0.255 e. The first-order valence-corrected chi connectivity index (χ1v) is 10.7. The molecule has 2 aromatic heterocycles. The predicted octanol–water partition coefficient (Wildman–Crippen LogP) is 5.68. The van der Waals surface area contributed by atoms with Crippen molar-refractivity contribution in [3.05, 3.63) is 115 Å². The number of hydrogen-bond acceptors (Lipinski definition) is 5. The van der Waals surface area contributed by atoms with Crippen molar-refractivity contribution in [2.24, 2.45) is 0 Å². The fourth-order valence-electron chi connectivity index (χ4n) is 3.51. The SMILES string of the molecule is Cc1nccn1-c1cc(Oc2ccc(NC(=O)c3ccc(-c4ccccc4)cc3)cc2)ncn1. The minimum Gasteiger partial charge on any atom is -0.439 e. The molecule has 5 aromatic rings. The van der Waals surface area contributed by atoms with E-state index in [2.05, 4.69) is 20.3 Å². The quantitative estimate of drug-likeness (QED) is 0.362. The van der Waals surface area contributed by atoms with Crippen molar-refractivity contribution in [3.8, 4) is 28.6 Å². The third-order valence-corrected chi connectivity index (χ3v) is 5.29. The largest absolute Gasteiger partial charge is 0.439 e. The number of carbonyl (C=O) groups is 1. The van der Waals surface area contributed by atoms with Crippen LogP contribution in [0.15, 0.2) is 104 Å². The number of nitrogens with one attached hydrogen (secondary N) is 1. The number of rotatable bonds is 6. The molecule has 0 saturated heterocycles. The van der Waals surface area contributed by atoms with Crippen LogP contribution in [-0.2, 0) is 0 Å². The summed E-state index contributed by atoms with van der Waals surface area (Å²) in [5.74, 6) is 2.32. The van der Waals surface area contributed by atoms with Gasteiger partial charge in [-0.25, -0.2) is 15.0 Å². The Kier molecular flexibility index (Phi) is 5.82. The summed E-state index contributed by atoms with van der Waals surface area (Å²) in [5, 5.41) is 2.91. The summed E-state index contributed by atoms with van der Waals surface area (Å²) in [6.07, 6.45) is 4.98. The van der Waals surface area contributed by atoms with E-state index in [-0.39, 0.29) is 5.91 Å². The lowest BCUT2D eigenvalue weighted by Crippen LogP contribution is -2.11. The zero-order chi connectivity index (χ0) is 23.3. The van der Waals surface area contributed by atoms with Crippen LogP contribution in [0.25, 0.3) is 16.9 Å². The molecule has 34 heavy (non-hydrogen) atoms. The van der Waals surface area contributed by atoms with E-state index in [4.69, 9.17) is 4.74 Å². The van der Waals surface area contributed by atoms with Gasteiger partial charge in [-0.15, -0.1) is 0 Å². The molecular formula is C27H21N5O2. The molecule has 1 N–H and O–H groups in total. The number of imidazole rings is 1. The summed E-state index contributed by atoms with van der Waals surface area (Å²) in [6, 6.07) is 26.5. The molecule has 1 amide bonds. The van der Waals surface area contributed by atoms with Crippen LogP contribution in [0.3, 0.4) is 0 Å². The molecule has 166 valence electrons. The van der Waals surface area contributed by atoms with Gasteiger partial charge in [0, 0.05) is 29.7 Å². The Hall–Kier alpha value is -4.78. The summed E-state index contributed by atoms with van der Waals surface area (Å²) >= 11 is 0. The van der Waals surface area contributed by atoms with Crippen LogP contribution in [0, 0.1) is 6.92 Å². The second kappa shape index (κ2) is 9.38. The van der Waals surface area contributed by atoms with Gasteiger partial charge < -0.3 is 10.1 Å². The van der Waals surface area contributed by atoms with Crippen molar-refractivity contribution < 1.29 is 9.53 Å². The van der Waals surface area contributed by atoms with E-state index in [1.807, 2.05) is 72.3 Å². The van der Waals surface area contributed by atoms with E-state index < -0.39 is 0 Å². The number of ether oxygens (including phenoxy) is 1. The molecule has 5 rings (SSSR count). The van der Waals surface area contributed by atoms with Gasteiger partial charge in [-0.05, 0) is 54.4 Å². The number of carbonyl (C=O) groups excluding carboxylic acids is 1. The Morgan fingerprint density at radius 3 is 2.29 bits per heavy atom. The highest BCUT2D eigenvalue weighted by Gasteiger charge is 2.09. The molecular weight excluding hydrogens is 426 g/mol. The lowest BCUT2D eigenvalue weighted by Gasteiger charge is -2.09. The lowest BCUT2D eigenvalue weighted by molar-refractivity contribution is 0.102. The highest BCUT2D eigenvalue weighted by molar-refractivity contribution is 6.04. The van der Waals surface area contributed by atoms with Crippen LogP contribution in [-0.4, -0.2) is 25.4 Å². The molecule has 2 heterocycles. The van der Waals surface area contributed by atoms with Gasteiger partial charge in [-0.1, -0.05) is 42.5 Å². The molecule has 7 heteroatoms. The Balaban J connectivity index is 1.23. The molecule has 0 aliphatic carbocycles. The summed E-state index contributed by atoms with van der Waals surface area (Å²) in [4.78, 5) is 25.3. The van der Waals surface area contributed by atoms with Gasteiger partial charge in [-0.3, -0.25) is 9.36 Å². The number of amides is 1. The standard InChI is InChI=1S/C27H21N5O2/c1-19-28-15-16-32(19)25-17-26(30-18-29-25)34-24-13-11-23(12-14-24)31-27(33)22-9-7-21(8-10-22)20-5-3-2-4-6-20/h2-18H,1H3,(H,31,33). The average Bonchev–Trinajstić information content (AvgIpc) is 3.32. The summed E-state index contributed by atoms with van der Waals surface area (Å²) in [7, 11) is 0. The van der Waals surface area contributed by atoms with Crippen LogP contribution in [0.1, 0.15) is 16.2 Å². The molecule has 0 spiro atoms. The van der Waals surface area contributed by atoms with Gasteiger partial charge in [0.25, 0.3) is 5.91 Å². The highest BCUT2D eigenvalue weighted by atomic mass is 16.5. The zero-order valence-corrected chi connectivity index (χ0v) is 18.4. The molecule has 0 bridgehead atoms. The average molecular weight is 447 g/mol. The van der Waals surface area contributed by atoms with Crippen LogP contribution in [0.5, 0.6) is 11.6 Å². The van der Waals surface area contributed by atoms with Gasteiger partial charge in [0.1, 0.15) is 23.7 Å². The Bertz CT molecular complexity index is 1410. The second-order valence-corrected chi connectivity index (χ2v) is 7.58. The number of benzene rings is 3. The van der Waals surface area contributed by atoms with Gasteiger partial charge in [-0.2, -0.15) is 0 Å². The number of hydrogen-bond donors (Lipinski definition) is 1. The Morgan fingerprint density at radius 1 is 0.853 bits per heavy atom.